The minimum absolute atomic E-state index is 0.262. The fourth-order valence-corrected chi connectivity index (χ4v) is 1.53. The summed E-state index contributed by atoms with van der Waals surface area (Å²) in [5.41, 5.74) is 1.79. The van der Waals surface area contributed by atoms with Crippen molar-refractivity contribution in [3.63, 3.8) is 0 Å². The van der Waals surface area contributed by atoms with Crippen LogP contribution in [0.1, 0.15) is 32.3 Å². The lowest BCUT2D eigenvalue weighted by atomic mass is 10.1. The van der Waals surface area contributed by atoms with E-state index < -0.39 is 0 Å². The Balaban J connectivity index is 2.78. The molecule has 0 aliphatic heterocycles. The van der Waals surface area contributed by atoms with E-state index in [0.29, 0.717) is 0 Å². The molecule has 0 amide bonds. The zero-order valence-electron chi connectivity index (χ0n) is 10.2. The van der Waals surface area contributed by atoms with E-state index in [2.05, 4.69) is 0 Å². The Bertz CT molecular complexity index is 410. The first-order valence-electron chi connectivity index (χ1n) is 5.70. The van der Waals surface area contributed by atoms with Crippen LogP contribution in [-0.4, -0.2) is 12.6 Å². The molecule has 1 rings (SSSR count). The minimum Gasteiger partial charge on any atom is -0.461 e. The third kappa shape index (κ3) is 5.29. The smallest absolute Gasteiger partial charge is 0.302 e. The third-order valence-corrected chi connectivity index (χ3v) is 2.25. The molecule has 0 N–H and O–H groups in total. The Kier molecular flexibility index (Phi) is 5.40. The standard InChI is InChI=1S/C14H17FO2/c1-3-5-13(10-17-11(2)16)8-12-6-4-7-14(15)9-12/h4,6-9H,3,5,10H2,1-2H3. The van der Waals surface area contributed by atoms with Crippen LogP contribution >= 0.6 is 0 Å². The van der Waals surface area contributed by atoms with Gasteiger partial charge in [0, 0.05) is 6.92 Å². The summed E-state index contributed by atoms with van der Waals surface area (Å²) in [6.45, 7) is 3.71. The Morgan fingerprint density at radius 1 is 1.47 bits per heavy atom. The highest BCUT2D eigenvalue weighted by atomic mass is 19.1. The van der Waals surface area contributed by atoms with E-state index in [-0.39, 0.29) is 18.4 Å². The molecule has 0 saturated carbocycles. The fraction of sp³-hybridized carbons (Fsp3) is 0.357. The van der Waals surface area contributed by atoms with E-state index in [1.807, 2.05) is 19.1 Å². The van der Waals surface area contributed by atoms with Gasteiger partial charge in [-0.2, -0.15) is 0 Å². The number of rotatable bonds is 5. The van der Waals surface area contributed by atoms with Crippen molar-refractivity contribution in [1.82, 2.24) is 0 Å². The molecule has 1 aromatic rings. The van der Waals surface area contributed by atoms with Crippen LogP contribution in [0.3, 0.4) is 0 Å². The van der Waals surface area contributed by atoms with Crippen LogP contribution in [0.4, 0.5) is 4.39 Å². The van der Waals surface area contributed by atoms with E-state index in [1.165, 1.54) is 19.1 Å². The number of carbonyl (C=O) groups excluding carboxylic acids is 1. The summed E-state index contributed by atoms with van der Waals surface area (Å²) in [6.07, 6.45) is 3.67. The second kappa shape index (κ2) is 6.84. The Labute approximate surface area is 101 Å². The van der Waals surface area contributed by atoms with Gasteiger partial charge in [-0.15, -0.1) is 0 Å². The molecule has 0 fully saturated rings. The lowest BCUT2D eigenvalue weighted by molar-refractivity contribution is -0.140. The monoisotopic (exact) mass is 236 g/mol. The van der Waals surface area contributed by atoms with Gasteiger partial charge in [-0.25, -0.2) is 4.39 Å². The molecule has 0 saturated heterocycles. The molecule has 1 aromatic carbocycles. The number of benzene rings is 1. The van der Waals surface area contributed by atoms with Gasteiger partial charge in [-0.3, -0.25) is 4.79 Å². The van der Waals surface area contributed by atoms with Crippen molar-refractivity contribution < 1.29 is 13.9 Å². The molecule has 0 aromatic heterocycles. The predicted molar refractivity (Wildman–Crippen MR) is 65.9 cm³/mol. The second-order valence-electron chi connectivity index (χ2n) is 3.89. The first-order chi connectivity index (χ1) is 8.11. The van der Waals surface area contributed by atoms with Gasteiger partial charge in [0.1, 0.15) is 12.4 Å². The summed E-state index contributed by atoms with van der Waals surface area (Å²) in [5.74, 6) is -0.562. The predicted octanol–water partition coefficient (Wildman–Crippen LogP) is 3.57. The maximum atomic E-state index is 13.0. The third-order valence-electron chi connectivity index (χ3n) is 2.25. The number of halogens is 1. The molecule has 0 aliphatic rings. The maximum absolute atomic E-state index is 13.0. The Hall–Kier alpha value is -1.64. The molecular formula is C14H17FO2. The van der Waals surface area contributed by atoms with Crippen LogP contribution in [0, 0.1) is 5.82 Å². The van der Waals surface area contributed by atoms with E-state index in [4.69, 9.17) is 4.74 Å². The lowest BCUT2D eigenvalue weighted by Gasteiger charge is -2.06. The maximum Gasteiger partial charge on any atom is 0.302 e. The van der Waals surface area contributed by atoms with Crippen molar-refractivity contribution in [3.05, 3.63) is 41.2 Å². The van der Waals surface area contributed by atoms with Gasteiger partial charge in [0.05, 0.1) is 0 Å². The van der Waals surface area contributed by atoms with Crippen molar-refractivity contribution in [1.29, 1.82) is 0 Å². The molecule has 0 heterocycles. The number of ether oxygens (including phenoxy) is 1. The van der Waals surface area contributed by atoms with Crippen LogP contribution in [0.5, 0.6) is 0 Å². The molecule has 17 heavy (non-hydrogen) atoms. The van der Waals surface area contributed by atoms with Gasteiger partial charge < -0.3 is 4.74 Å². The second-order valence-corrected chi connectivity index (χ2v) is 3.89. The van der Waals surface area contributed by atoms with Crippen molar-refractivity contribution in [3.8, 4) is 0 Å². The van der Waals surface area contributed by atoms with Gasteiger partial charge in [0.15, 0.2) is 0 Å². The summed E-state index contributed by atoms with van der Waals surface area (Å²) < 4.78 is 18.0. The summed E-state index contributed by atoms with van der Waals surface area (Å²) in [6, 6.07) is 6.36. The topological polar surface area (TPSA) is 26.3 Å². The van der Waals surface area contributed by atoms with Gasteiger partial charge in [-0.05, 0) is 29.7 Å². The van der Waals surface area contributed by atoms with Crippen LogP contribution in [0.25, 0.3) is 6.08 Å². The highest BCUT2D eigenvalue weighted by molar-refractivity contribution is 5.66. The quantitative estimate of drug-likeness (QED) is 0.730. The molecule has 0 radical (unpaired) electrons. The molecular weight excluding hydrogens is 219 g/mol. The van der Waals surface area contributed by atoms with Crippen molar-refractivity contribution in [2.75, 3.05) is 6.61 Å². The van der Waals surface area contributed by atoms with Crippen LogP contribution in [0.2, 0.25) is 0 Å². The largest absolute Gasteiger partial charge is 0.461 e. The van der Waals surface area contributed by atoms with E-state index in [1.54, 1.807) is 6.07 Å². The van der Waals surface area contributed by atoms with Gasteiger partial charge >= 0.3 is 5.97 Å². The number of esters is 1. The Morgan fingerprint density at radius 3 is 2.82 bits per heavy atom. The van der Waals surface area contributed by atoms with Crippen LogP contribution in [-0.2, 0) is 9.53 Å². The summed E-state index contributed by atoms with van der Waals surface area (Å²) in [4.78, 5) is 10.7. The fourth-order valence-electron chi connectivity index (χ4n) is 1.53. The zero-order chi connectivity index (χ0) is 12.7. The molecule has 2 nitrogen and oxygen atoms in total. The lowest BCUT2D eigenvalue weighted by Crippen LogP contribution is -2.03. The molecule has 0 spiro atoms. The molecule has 0 aliphatic carbocycles. The average molecular weight is 236 g/mol. The van der Waals surface area contributed by atoms with Crippen molar-refractivity contribution in [2.45, 2.75) is 26.7 Å². The highest BCUT2D eigenvalue weighted by Gasteiger charge is 2.01. The van der Waals surface area contributed by atoms with E-state index >= 15 is 0 Å². The number of hydrogen-bond acceptors (Lipinski definition) is 2. The number of carbonyl (C=O) groups is 1. The number of hydrogen-bond donors (Lipinski definition) is 0. The average Bonchev–Trinajstić information content (AvgIpc) is 2.26. The van der Waals surface area contributed by atoms with Gasteiger partial charge in [0.25, 0.3) is 0 Å². The minimum atomic E-state index is -0.300. The SMILES string of the molecule is CCCC(=Cc1cccc(F)c1)COC(C)=O. The van der Waals surface area contributed by atoms with E-state index in [9.17, 15) is 9.18 Å². The molecule has 3 heteroatoms. The molecule has 0 atom stereocenters. The summed E-state index contributed by atoms with van der Waals surface area (Å²) in [7, 11) is 0. The molecule has 92 valence electrons. The van der Waals surface area contributed by atoms with Crippen molar-refractivity contribution in [2.24, 2.45) is 0 Å². The first kappa shape index (κ1) is 13.4. The van der Waals surface area contributed by atoms with Crippen molar-refractivity contribution >= 4 is 12.0 Å². The zero-order valence-corrected chi connectivity index (χ0v) is 10.2. The van der Waals surface area contributed by atoms with Crippen LogP contribution in [0.15, 0.2) is 29.8 Å². The van der Waals surface area contributed by atoms with Crippen LogP contribution < -0.4 is 0 Å². The van der Waals surface area contributed by atoms with Gasteiger partial charge in [-0.1, -0.05) is 31.6 Å². The highest BCUT2D eigenvalue weighted by Crippen LogP contribution is 2.13. The summed E-state index contributed by atoms with van der Waals surface area (Å²) in [5, 5.41) is 0. The van der Waals surface area contributed by atoms with Gasteiger partial charge in [0.2, 0.25) is 0 Å². The summed E-state index contributed by atoms with van der Waals surface area (Å²) >= 11 is 0. The van der Waals surface area contributed by atoms with E-state index in [0.717, 1.165) is 24.0 Å². The normalized spacial score (nSPS) is 11.4. The first-order valence-corrected chi connectivity index (χ1v) is 5.70. The molecule has 0 unspecified atom stereocenters. The Morgan fingerprint density at radius 2 is 2.24 bits per heavy atom. The molecule has 0 bridgehead atoms.